The number of nitrogens with zero attached hydrogens (tertiary/aromatic N) is 2. The molecule has 1 amide bonds. The molecular weight excluding hydrogens is 402 g/mol. The zero-order valence-corrected chi connectivity index (χ0v) is 18.3. The van der Waals surface area contributed by atoms with Crippen molar-refractivity contribution in [3.8, 4) is 0 Å². The standard InChI is InChI=1S/C22H29N3O4S/c1-18-15-25(11-12-29-18)16-20-8-6-7-19(13-20)14-23-22(26)17-24(2)30(27,28)21-9-4-3-5-10-21/h3-10,13,18H,11-12,14-17H2,1-2H3,(H,23,26). The summed E-state index contributed by atoms with van der Waals surface area (Å²) in [5.41, 5.74) is 2.16. The van der Waals surface area contributed by atoms with Crippen molar-refractivity contribution in [3.05, 3.63) is 65.7 Å². The maximum absolute atomic E-state index is 12.5. The van der Waals surface area contributed by atoms with Crippen molar-refractivity contribution >= 4 is 15.9 Å². The highest BCUT2D eigenvalue weighted by molar-refractivity contribution is 7.89. The average molecular weight is 432 g/mol. The predicted molar refractivity (Wildman–Crippen MR) is 115 cm³/mol. The molecule has 2 aromatic rings. The van der Waals surface area contributed by atoms with E-state index in [2.05, 4.69) is 29.3 Å². The third kappa shape index (κ3) is 6.12. The van der Waals surface area contributed by atoms with Gasteiger partial charge in [0.1, 0.15) is 0 Å². The lowest BCUT2D eigenvalue weighted by atomic mass is 10.1. The summed E-state index contributed by atoms with van der Waals surface area (Å²) in [6.07, 6.45) is 0.241. The van der Waals surface area contributed by atoms with E-state index in [0.29, 0.717) is 6.54 Å². The molecule has 0 aliphatic carbocycles. The number of benzene rings is 2. The fourth-order valence-corrected chi connectivity index (χ4v) is 4.59. The molecule has 0 spiro atoms. The number of hydrogen-bond donors (Lipinski definition) is 1. The quantitative estimate of drug-likeness (QED) is 0.690. The summed E-state index contributed by atoms with van der Waals surface area (Å²) in [4.78, 5) is 14.8. The van der Waals surface area contributed by atoms with E-state index in [9.17, 15) is 13.2 Å². The predicted octanol–water partition coefficient (Wildman–Crippen LogP) is 1.84. The first-order valence-corrected chi connectivity index (χ1v) is 11.5. The third-order valence-corrected chi connectivity index (χ3v) is 6.85. The van der Waals surface area contributed by atoms with E-state index in [0.717, 1.165) is 36.1 Å². The minimum Gasteiger partial charge on any atom is -0.376 e. The summed E-state index contributed by atoms with van der Waals surface area (Å²) in [6, 6.07) is 16.2. The molecule has 3 rings (SSSR count). The Morgan fingerprint density at radius 3 is 2.63 bits per heavy atom. The number of carbonyl (C=O) groups is 1. The summed E-state index contributed by atoms with van der Waals surface area (Å²) in [5, 5.41) is 2.81. The van der Waals surface area contributed by atoms with Crippen LogP contribution in [0, 0.1) is 0 Å². The normalized spacial score (nSPS) is 17.8. The largest absolute Gasteiger partial charge is 0.376 e. The Labute approximate surface area is 178 Å². The molecule has 1 N–H and O–H groups in total. The summed E-state index contributed by atoms with van der Waals surface area (Å²) >= 11 is 0. The van der Waals surface area contributed by atoms with Gasteiger partial charge in [-0.3, -0.25) is 9.69 Å². The van der Waals surface area contributed by atoms with Crippen LogP contribution in [0.25, 0.3) is 0 Å². The Morgan fingerprint density at radius 1 is 1.17 bits per heavy atom. The van der Waals surface area contributed by atoms with Gasteiger partial charge < -0.3 is 10.1 Å². The van der Waals surface area contributed by atoms with E-state index in [1.54, 1.807) is 18.2 Å². The number of amides is 1. The highest BCUT2D eigenvalue weighted by atomic mass is 32.2. The van der Waals surface area contributed by atoms with E-state index in [4.69, 9.17) is 4.74 Å². The maximum atomic E-state index is 12.5. The Kier molecular flexibility index (Phi) is 7.60. The van der Waals surface area contributed by atoms with Gasteiger partial charge in [0.15, 0.2) is 0 Å². The van der Waals surface area contributed by atoms with Crippen LogP contribution in [0.2, 0.25) is 0 Å². The molecule has 0 saturated carbocycles. The molecule has 1 aliphatic heterocycles. The van der Waals surface area contributed by atoms with Crippen molar-refractivity contribution in [2.45, 2.75) is 31.0 Å². The lowest BCUT2D eigenvalue weighted by Gasteiger charge is -2.31. The van der Waals surface area contributed by atoms with Gasteiger partial charge in [0.25, 0.3) is 0 Å². The molecule has 7 nitrogen and oxygen atoms in total. The second-order valence-corrected chi connectivity index (χ2v) is 9.63. The van der Waals surface area contributed by atoms with E-state index < -0.39 is 10.0 Å². The van der Waals surface area contributed by atoms with Gasteiger partial charge in [0.05, 0.1) is 24.2 Å². The highest BCUT2D eigenvalue weighted by Crippen LogP contribution is 2.14. The number of carbonyl (C=O) groups excluding carboxylic acids is 1. The molecule has 1 heterocycles. The van der Waals surface area contributed by atoms with Gasteiger partial charge in [0, 0.05) is 33.2 Å². The third-order valence-electron chi connectivity index (χ3n) is 5.03. The maximum Gasteiger partial charge on any atom is 0.243 e. The van der Waals surface area contributed by atoms with Gasteiger partial charge in [-0.2, -0.15) is 4.31 Å². The van der Waals surface area contributed by atoms with E-state index in [1.165, 1.54) is 24.7 Å². The van der Waals surface area contributed by atoms with Gasteiger partial charge in [0.2, 0.25) is 15.9 Å². The summed E-state index contributed by atoms with van der Waals surface area (Å²) in [7, 11) is -2.28. The zero-order valence-electron chi connectivity index (χ0n) is 17.5. The number of nitrogens with one attached hydrogen (secondary N) is 1. The highest BCUT2D eigenvalue weighted by Gasteiger charge is 2.22. The molecule has 1 saturated heterocycles. The molecule has 162 valence electrons. The van der Waals surface area contributed by atoms with Crippen molar-refractivity contribution in [1.29, 1.82) is 0 Å². The average Bonchev–Trinajstić information content (AvgIpc) is 2.73. The topological polar surface area (TPSA) is 79.0 Å². The second kappa shape index (κ2) is 10.2. The van der Waals surface area contributed by atoms with Gasteiger partial charge in [-0.05, 0) is 30.2 Å². The van der Waals surface area contributed by atoms with Crippen LogP contribution >= 0.6 is 0 Å². The smallest absolute Gasteiger partial charge is 0.243 e. The van der Waals surface area contributed by atoms with Gasteiger partial charge in [-0.15, -0.1) is 0 Å². The molecule has 0 radical (unpaired) electrons. The SMILES string of the molecule is CC1CN(Cc2cccc(CNC(=O)CN(C)S(=O)(=O)c3ccccc3)c2)CCO1. The van der Waals surface area contributed by atoms with Crippen LogP contribution in [-0.4, -0.2) is 62.9 Å². The minimum absolute atomic E-state index is 0.172. The molecule has 1 aliphatic rings. The second-order valence-electron chi connectivity index (χ2n) is 7.59. The van der Waals surface area contributed by atoms with Crippen LogP contribution < -0.4 is 5.32 Å². The van der Waals surface area contributed by atoms with Crippen LogP contribution in [0.5, 0.6) is 0 Å². The molecule has 30 heavy (non-hydrogen) atoms. The fraction of sp³-hybridized carbons (Fsp3) is 0.409. The number of sulfonamides is 1. The van der Waals surface area contributed by atoms with Crippen LogP contribution in [0.4, 0.5) is 0 Å². The summed E-state index contributed by atoms with van der Waals surface area (Å²) in [5.74, 6) is -0.343. The first-order valence-electron chi connectivity index (χ1n) is 10.0. The first kappa shape index (κ1) is 22.4. The first-order chi connectivity index (χ1) is 14.3. The summed E-state index contributed by atoms with van der Waals surface area (Å²) in [6.45, 7) is 5.60. The van der Waals surface area contributed by atoms with E-state index >= 15 is 0 Å². The zero-order chi connectivity index (χ0) is 21.6. The van der Waals surface area contributed by atoms with Crippen molar-refractivity contribution in [2.75, 3.05) is 33.3 Å². The lowest BCUT2D eigenvalue weighted by Crippen LogP contribution is -2.40. The monoisotopic (exact) mass is 431 g/mol. The van der Waals surface area contributed by atoms with Crippen LogP contribution in [0.3, 0.4) is 0 Å². The number of likely N-dealkylation sites (N-methyl/N-ethyl adjacent to an activating group) is 1. The van der Waals surface area contributed by atoms with Crippen molar-refractivity contribution < 1.29 is 17.9 Å². The molecule has 1 unspecified atom stereocenters. The van der Waals surface area contributed by atoms with Gasteiger partial charge in [-0.1, -0.05) is 42.5 Å². The van der Waals surface area contributed by atoms with Gasteiger partial charge in [-0.25, -0.2) is 8.42 Å². The molecule has 0 bridgehead atoms. The summed E-state index contributed by atoms with van der Waals surface area (Å²) < 4.78 is 31.7. The Hall–Kier alpha value is -2.26. The Balaban J connectivity index is 1.52. The van der Waals surface area contributed by atoms with Crippen molar-refractivity contribution in [1.82, 2.24) is 14.5 Å². The number of morpholine rings is 1. The van der Waals surface area contributed by atoms with Gasteiger partial charge >= 0.3 is 0 Å². The molecule has 0 aromatic heterocycles. The minimum atomic E-state index is -3.69. The number of ether oxygens (including phenoxy) is 1. The molecular formula is C22H29N3O4S. The lowest BCUT2D eigenvalue weighted by molar-refractivity contribution is -0.121. The van der Waals surface area contributed by atoms with Crippen LogP contribution in [0.15, 0.2) is 59.5 Å². The molecule has 1 fully saturated rings. The Morgan fingerprint density at radius 2 is 1.90 bits per heavy atom. The molecule has 1 atom stereocenters. The number of rotatable bonds is 8. The van der Waals surface area contributed by atoms with Crippen LogP contribution in [0.1, 0.15) is 18.1 Å². The van der Waals surface area contributed by atoms with E-state index in [-0.39, 0.29) is 23.5 Å². The number of hydrogen-bond acceptors (Lipinski definition) is 5. The van der Waals surface area contributed by atoms with E-state index in [1.807, 2.05) is 12.1 Å². The molecule has 8 heteroatoms. The molecule has 2 aromatic carbocycles. The van der Waals surface area contributed by atoms with Crippen LogP contribution in [-0.2, 0) is 32.6 Å². The Bertz CT molecular complexity index is 950. The van der Waals surface area contributed by atoms with Crippen molar-refractivity contribution in [2.24, 2.45) is 0 Å². The fourth-order valence-electron chi connectivity index (χ4n) is 3.45. The van der Waals surface area contributed by atoms with Crippen molar-refractivity contribution in [3.63, 3.8) is 0 Å².